The summed E-state index contributed by atoms with van der Waals surface area (Å²) >= 11 is 1.68. The van der Waals surface area contributed by atoms with Gasteiger partial charge in [-0.2, -0.15) is 0 Å². The van der Waals surface area contributed by atoms with Gasteiger partial charge in [0, 0.05) is 29.5 Å². The predicted molar refractivity (Wildman–Crippen MR) is 123 cm³/mol. The van der Waals surface area contributed by atoms with Crippen LogP contribution in [0.5, 0.6) is 0 Å². The van der Waals surface area contributed by atoms with E-state index in [-0.39, 0.29) is 30.2 Å². The number of carbonyl (C=O) groups excluding carboxylic acids is 2. The van der Waals surface area contributed by atoms with Gasteiger partial charge in [-0.05, 0) is 49.6 Å². The largest absolute Gasteiger partial charge is 0.459 e. The Morgan fingerprint density at radius 3 is 2.53 bits per heavy atom. The van der Waals surface area contributed by atoms with Crippen LogP contribution in [0.4, 0.5) is 0 Å². The summed E-state index contributed by atoms with van der Waals surface area (Å²) < 4.78 is 11.1. The monoisotopic (exact) mass is 452 g/mol. The molecule has 32 heavy (non-hydrogen) atoms. The van der Waals surface area contributed by atoms with E-state index in [0.29, 0.717) is 26.2 Å². The van der Waals surface area contributed by atoms with Crippen molar-refractivity contribution in [2.45, 2.75) is 39.0 Å². The SMILES string of the molecule is Cc1ccc(CN(Cc2ccccc2)C(=O)CN(CC2CCCO2)C(=O)c2ccco2)s1. The highest BCUT2D eigenvalue weighted by molar-refractivity contribution is 7.11. The number of amides is 2. The lowest BCUT2D eigenvalue weighted by Crippen LogP contribution is -2.45. The van der Waals surface area contributed by atoms with E-state index in [4.69, 9.17) is 9.15 Å². The Morgan fingerprint density at radius 2 is 1.88 bits per heavy atom. The molecule has 1 atom stereocenters. The van der Waals surface area contributed by atoms with Crippen molar-refractivity contribution in [2.75, 3.05) is 19.7 Å². The Kier molecular flexibility index (Phi) is 7.39. The Labute approximate surface area is 192 Å². The second kappa shape index (κ2) is 10.6. The zero-order valence-electron chi connectivity index (χ0n) is 18.2. The Hall–Kier alpha value is -2.90. The lowest BCUT2D eigenvalue weighted by molar-refractivity contribution is -0.133. The molecule has 7 heteroatoms. The van der Waals surface area contributed by atoms with E-state index in [1.54, 1.807) is 28.4 Å². The summed E-state index contributed by atoms with van der Waals surface area (Å²) in [4.78, 5) is 32.3. The molecule has 0 N–H and O–H groups in total. The van der Waals surface area contributed by atoms with Crippen LogP contribution in [0.2, 0.25) is 0 Å². The van der Waals surface area contributed by atoms with Crippen LogP contribution in [0.3, 0.4) is 0 Å². The fourth-order valence-electron chi connectivity index (χ4n) is 3.87. The highest BCUT2D eigenvalue weighted by atomic mass is 32.1. The normalized spacial score (nSPS) is 15.6. The van der Waals surface area contributed by atoms with Crippen LogP contribution in [-0.2, 0) is 22.6 Å². The average molecular weight is 453 g/mol. The van der Waals surface area contributed by atoms with Crippen LogP contribution in [0.15, 0.2) is 65.3 Å². The van der Waals surface area contributed by atoms with Crippen LogP contribution >= 0.6 is 11.3 Å². The van der Waals surface area contributed by atoms with Gasteiger partial charge in [0.1, 0.15) is 6.54 Å². The Balaban J connectivity index is 1.52. The number of aryl methyl sites for hydroxylation is 1. The molecule has 1 aliphatic heterocycles. The molecule has 0 spiro atoms. The van der Waals surface area contributed by atoms with Gasteiger partial charge >= 0.3 is 0 Å². The van der Waals surface area contributed by atoms with Crippen LogP contribution in [0, 0.1) is 6.92 Å². The molecule has 3 aromatic rings. The molecule has 0 saturated carbocycles. The van der Waals surface area contributed by atoms with Gasteiger partial charge in [0.25, 0.3) is 5.91 Å². The molecule has 2 aromatic heterocycles. The number of benzene rings is 1. The van der Waals surface area contributed by atoms with E-state index in [1.165, 1.54) is 11.1 Å². The number of ether oxygens (including phenoxy) is 1. The standard InChI is InChI=1S/C25H28N2O4S/c1-19-11-12-22(32-19)17-26(15-20-7-3-2-4-8-20)24(28)18-27(16-21-9-5-13-30-21)25(29)23-10-6-14-31-23/h2-4,6-8,10-12,14,21H,5,9,13,15-18H2,1H3. The number of hydrogen-bond acceptors (Lipinski definition) is 5. The topological polar surface area (TPSA) is 63.0 Å². The minimum atomic E-state index is -0.287. The minimum absolute atomic E-state index is 0.0173. The fourth-order valence-corrected chi connectivity index (χ4v) is 4.77. The number of furan rings is 1. The third kappa shape index (κ3) is 5.87. The van der Waals surface area contributed by atoms with E-state index in [0.717, 1.165) is 23.3 Å². The first kappa shape index (κ1) is 22.3. The van der Waals surface area contributed by atoms with Crippen molar-refractivity contribution in [1.29, 1.82) is 0 Å². The number of nitrogens with zero attached hydrogens (tertiary/aromatic N) is 2. The summed E-state index contributed by atoms with van der Waals surface area (Å²) in [5, 5.41) is 0. The first-order valence-electron chi connectivity index (χ1n) is 10.9. The Bertz CT molecular complexity index is 1010. The van der Waals surface area contributed by atoms with Gasteiger partial charge in [-0.3, -0.25) is 9.59 Å². The number of hydrogen-bond donors (Lipinski definition) is 0. The minimum Gasteiger partial charge on any atom is -0.459 e. The molecule has 0 bridgehead atoms. The number of rotatable bonds is 9. The second-order valence-corrected chi connectivity index (χ2v) is 9.42. The molecular formula is C25H28N2O4S. The van der Waals surface area contributed by atoms with Gasteiger partial charge in [-0.1, -0.05) is 30.3 Å². The summed E-state index contributed by atoms with van der Waals surface area (Å²) in [6.07, 6.45) is 3.28. The lowest BCUT2D eigenvalue weighted by atomic mass is 10.2. The van der Waals surface area contributed by atoms with E-state index in [1.807, 2.05) is 35.2 Å². The zero-order chi connectivity index (χ0) is 22.3. The van der Waals surface area contributed by atoms with Crippen molar-refractivity contribution in [3.8, 4) is 0 Å². The second-order valence-electron chi connectivity index (χ2n) is 8.05. The van der Waals surface area contributed by atoms with Gasteiger partial charge in [0.15, 0.2) is 5.76 Å². The van der Waals surface area contributed by atoms with Crippen molar-refractivity contribution < 1.29 is 18.7 Å². The third-order valence-corrected chi connectivity index (χ3v) is 6.49. The fraction of sp³-hybridized carbons (Fsp3) is 0.360. The molecule has 6 nitrogen and oxygen atoms in total. The number of carbonyl (C=O) groups is 2. The van der Waals surface area contributed by atoms with E-state index in [2.05, 4.69) is 19.1 Å². The summed E-state index contributed by atoms with van der Waals surface area (Å²) in [5.74, 6) is -0.150. The molecule has 1 fully saturated rings. The van der Waals surface area contributed by atoms with E-state index in [9.17, 15) is 9.59 Å². The quantitative estimate of drug-likeness (QED) is 0.480. The molecule has 2 amide bonds. The third-order valence-electron chi connectivity index (χ3n) is 5.50. The first-order valence-corrected chi connectivity index (χ1v) is 11.7. The first-order chi connectivity index (χ1) is 15.6. The summed E-state index contributed by atoms with van der Waals surface area (Å²) in [5.41, 5.74) is 1.05. The average Bonchev–Trinajstić information content (AvgIpc) is 3.57. The van der Waals surface area contributed by atoms with Crippen LogP contribution in [0.1, 0.15) is 38.7 Å². The van der Waals surface area contributed by atoms with Gasteiger partial charge in [0.05, 0.1) is 18.9 Å². The lowest BCUT2D eigenvalue weighted by Gasteiger charge is -2.28. The smallest absolute Gasteiger partial charge is 0.290 e. The molecule has 1 saturated heterocycles. The molecule has 0 radical (unpaired) electrons. The maximum Gasteiger partial charge on any atom is 0.290 e. The molecule has 4 rings (SSSR count). The van der Waals surface area contributed by atoms with E-state index < -0.39 is 0 Å². The van der Waals surface area contributed by atoms with Crippen molar-refractivity contribution in [1.82, 2.24) is 9.80 Å². The van der Waals surface area contributed by atoms with Crippen molar-refractivity contribution in [3.63, 3.8) is 0 Å². The molecule has 0 aliphatic carbocycles. The molecule has 3 heterocycles. The van der Waals surface area contributed by atoms with Crippen molar-refractivity contribution in [3.05, 3.63) is 81.9 Å². The molecule has 168 valence electrons. The predicted octanol–water partition coefficient (Wildman–Crippen LogP) is 4.50. The van der Waals surface area contributed by atoms with Crippen molar-refractivity contribution in [2.24, 2.45) is 0 Å². The molecule has 1 aliphatic rings. The van der Waals surface area contributed by atoms with Gasteiger partial charge < -0.3 is 19.0 Å². The highest BCUT2D eigenvalue weighted by Crippen LogP contribution is 2.20. The van der Waals surface area contributed by atoms with Gasteiger partial charge in [0.2, 0.25) is 5.91 Å². The summed E-state index contributed by atoms with van der Waals surface area (Å²) in [7, 11) is 0. The molecular weight excluding hydrogens is 424 g/mol. The van der Waals surface area contributed by atoms with Crippen molar-refractivity contribution >= 4 is 23.2 Å². The number of thiophene rings is 1. The summed E-state index contributed by atoms with van der Waals surface area (Å²) in [6.45, 7) is 4.11. The van der Waals surface area contributed by atoms with Crippen LogP contribution in [0.25, 0.3) is 0 Å². The Morgan fingerprint density at radius 1 is 1.03 bits per heavy atom. The highest BCUT2D eigenvalue weighted by Gasteiger charge is 2.28. The van der Waals surface area contributed by atoms with Crippen LogP contribution < -0.4 is 0 Å². The van der Waals surface area contributed by atoms with E-state index >= 15 is 0 Å². The summed E-state index contributed by atoms with van der Waals surface area (Å²) in [6, 6.07) is 17.4. The molecule has 1 unspecified atom stereocenters. The zero-order valence-corrected chi connectivity index (χ0v) is 19.1. The maximum atomic E-state index is 13.5. The van der Waals surface area contributed by atoms with Gasteiger partial charge in [-0.15, -0.1) is 11.3 Å². The maximum absolute atomic E-state index is 13.5. The van der Waals surface area contributed by atoms with Gasteiger partial charge in [-0.25, -0.2) is 0 Å². The molecule has 1 aromatic carbocycles. The van der Waals surface area contributed by atoms with Crippen LogP contribution in [-0.4, -0.2) is 47.4 Å².